The minimum Gasteiger partial charge on any atom is -0.383 e. The predicted octanol–water partition coefficient (Wildman–Crippen LogP) is 2.76. The van der Waals surface area contributed by atoms with Crippen LogP contribution >= 0.6 is 0 Å². The van der Waals surface area contributed by atoms with E-state index in [1.807, 2.05) is 6.92 Å². The highest BCUT2D eigenvalue weighted by atomic mass is 32.2. The van der Waals surface area contributed by atoms with Crippen molar-refractivity contribution in [2.75, 3.05) is 0 Å². The van der Waals surface area contributed by atoms with Gasteiger partial charge in [-0.2, -0.15) is 8.42 Å². The monoisotopic (exact) mass is 349 g/mol. The number of hydrogen-bond acceptors (Lipinski definition) is 5. The summed E-state index contributed by atoms with van der Waals surface area (Å²) in [5.74, 6) is 0. The highest BCUT2D eigenvalue weighted by molar-refractivity contribution is 7.89. The molecule has 0 saturated heterocycles. The summed E-state index contributed by atoms with van der Waals surface area (Å²) in [6, 6.07) is 6.59. The van der Waals surface area contributed by atoms with Crippen LogP contribution < -0.4 is 0 Å². The van der Waals surface area contributed by atoms with Gasteiger partial charge in [-0.15, -0.1) is 9.19 Å². The second-order valence-electron chi connectivity index (χ2n) is 6.59. The molecule has 1 aromatic carbocycles. The van der Waals surface area contributed by atoms with E-state index in [0.717, 1.165) is 35.3 Å². The highest BCUT2D eigenvalue weighted by Gasteiger charge is 2.33. The van der Waals surface area contributed by atoms with Gasteiger partial charge in [-0.1, -0.05) is 55.0 Å². The minimum atomic E-state index is -3.78. The quantitative estimate of drug-likeness (QED) is 0.921. The Morgan fingerprint density at radius 1 is 1.04 bits per heavy atom. The second-order valence-corrected chi connectivity index (χ2v) is 8.39. The van der Waals surface area contributed by atoms with E-state index in [1.165, 1.54) is 12.6 Å². The average molecular weight is 349 g/mol. The number of aromatic nitrogens is 3. The molecule has 0 spiro atoms. The van der Waals surface area contributed by atoms with Crippen LogP contribution in [0.15, 0.2) is 35.4 Å². The summed E-state index contributed by atoms with van der Waals surface area (Å²) in [5, 5.41) is 18.7. The standard InChI is InChI=1S/C17H23N3O3S/c1-14-7-9-15(10-8-14)24(22,23)20-13-16(18-19-20)17(21)11-5-3-2-4-6-12-17/h7-10,13,21H,2-6,11-12H2,1H3. The van der Waals surface area contributed by atoms with Gasteiger partial charge in [0.15, 0.2) is 0 Å². The van der Waals surface area contributed by atoms with Gasteiger partial charge in [0.25, 0.3) is 10.0 Å². The lowest BCUT2D eigenvalue weighted by Crippen LogP contribution is -2.27. The normalized spacial score (nSPS) is 18.8. The Bertz CT molecular complexity index is 789. The van der Waals surface area contributed by atoms with E-state index in [9.17, 15) is 13.5 Å². The molecule has 6 nitrogen and oxygen atoms in total. The molecule has 1 aliphatic carbocycles. The summed E-state index contributed by atoms with van der Waals surface area (Å²) < 4.78 is 26.2. The lowest BCUT2D eigenvalue weighted by molar-refractivity contribution is 0.00542. The molecule has 1 saturated carbocycles. The van der Waals surface area contributed by atoms with Crippen molar-refractivity contribution in [2.45, 2.75) is 62.4 Å². The molecule has 130 valence electrons. The van der Waals surface area contributed by atoms with Gasteiger partial charge >= 0.3 is 0 Å². The molecule has 1 heterocycles. The summed E-state index contributed by atoms with van der Waals surface area (Å²) in [5.41, 5.74) is 0.249. The first kappa shape index (κ1) is 17.1. The molecule has 0 bridgehead atoms. The first-order valence-corrected chi connectivity index (χ1v) is 9.83. The number of benzene rings is 1. The van der Waals surface area contributed by atoms with Crippen molar-refractivity contribution in [1.29, 1.82) is 0 Å². The Labute approximate surface area is 142 Å². The predicted molar refractivity (Wildman–Crippen MR) is 90.0 cm³/mol. The summed E-state index contributed by atoms with van der Waals surface area (Å²) in [6.07, 6.45) is 7.71. The molecule has 24 heavy (non-hydrogen) atoms. The van der Waals surface area contributed by atoms with E-state index in [0.29, 0.717) is 18.5 Å². The van der Waals surface area contributed by atoms with E-state index < -0.39 is 15.6 Å². The van der Waals surface area contributed by atoms with Crippen molar-refractivity contribution in [3.8, 4) is 0 Å². The van der Waals surface area contributed by atoms with Crippen LogP contribution in [0.2, 0.25) is 0 Å². The topological polar surface area (TPSA) is 85.1 Å². The van der Waals surface area contributed by atoms with Crippen molar-refractivity contribution in [3.05, 3.63) is 41.7 Å². The minimum absolute atomic E-state index is 0.161. The third kappa shape index (κ3) is 3.37. The Hall–Kier alpha value is -1.73. The van der Waals surface area contributed by atoms with E-state index in [-0.39, 0.29) is 4.90 Å². The van der Waals surface area contributed by atoms with E-state index in [2.05, 4.69) is 10.3 Å². The number of aliphatic hydroxyl groups is 1. The molecule has 0 atom stereocenters. The third-order valence-electron chi connectivity index (χ3n) is 4.70. The maximum Gasteiger partial charge on any atom is 0.284 e. The Morgan fingerprint density at radius 3 is 2.25 bits per heavy atom. The molecule has 1 aliphatic rings. The van der Waals surface area contributed by atoms with Gasteiger partial charge in [-0.05, 0) is 31.9 Å². The molecular weight excluding hydrogens is 326 g/mol. The SMILES string of the molecule is Cc1ccc(S(=O)(=O)n2cc(C3(O)CCCCCCC3)nn2)cc1. The van der Waals surface area contributed by atoms with Gasteiger partial charge in [0.1, 0.15) is 11.3 Å². The fourth-order valence-corrected chi connectivity index (χ4v) is 4.21. The van der Waals surface area contributed by atoms with E-state index in [1.54, 1.807) is 24.3 Å². The van der Waals surface area contributed by atoms with Gasteiger partial charge in [0.05, 0.1) is 11.1 Å². The second kappa shape index (κ2) is 6.64. The molecule has 3 rings (SSSR count). The molecule has 1 fully saturated rings. The summed E-state index contributed by atoms with van der Waals surface area (Å²) >= 11 is 0. The van der Waals surface area contributed by atoms with Crippen LogP contribution in [0.1, 0.15) is 56.2 Å². The average Bonchev–Trinajstić information content (AvgIpc) is 3.03. The van der Waals surface area contributed by atoms with Crippen LogP contribution in [0.4, 0.5) is 0 Å². The zero-order valence-electron chi connectivity index (χ0n) is 13.9. The van der Waals surface area contributed by atoms with Crippen LogP contribution in [0, 0.1) is 6.92 Å². The fourth-order valence-electron chi connectivity index (χ4n) is 3.14. The van der Waals surface area contributed by atoms with E-state index in [4.69, 9.17) is 0 Å². The largest absolute Gasteiger partial charge is 0.383 e. The molecule has 0 radical (unpaired) electrons. The van der Waals surface area contributed by atoms with Crippen molar-refractivity contribution in [3.63, 3.8) is 0 Å². The van der Waals surface area contributed by atoms with Crippen molar-refractivity contribution in [2.24, 2.45) is 0 Å². The zero-order valence-corrected chi connectivity index (χ0v) is 14.7. The summed E-state index contributed by atoms with van der Waals surface area (Å²) in [4.78, 5) is 0.161. The molecule has 2 aromatic rings. The van der Waals surface area contributed by atoms with Crippen LogP contribution in [0.3, 0.4) is 0 Å². The first-order valence-electron chi connectivity index (χ1n) is 8.39. The smallest absolute Gasteiger partial charge is 0.284 e. The van der Waals surface area contributed by atoms with Gasteiger partial charge in [0.2, 0.25) is 0 Å². The first-order chi connectivity index (χ1) is 11.4. The Balaban J connectivity index is 1.90. The van der Waals surface area contributed by atoms with Crippen LogP contribution in [-0.4, -0.2) is 27.9 Å². The zero-order chi connectivity index (χ0) is 17.2. The van der Waals surface area contributed by atoms with Crippen molar-refractivity contribution >= 4 is 10.0 Å². The fraction of sp³-hybridized carbons (Fsp3) is 0.529. The molecule has 1 N–H and O–H groups in total. The Kier molecular flexibility index (Phi) is 4.73. The molecular formula is C17H23N3O3S. The lowest BCUT2D eigenvalue weighted by atomic mass is 9.85. The molecule has 0 unspecified atom stereocenters. The van der Waals surface area contributed by atoms with Gasteiger partial charge in [0, 0.05) is 0 Å². The molecule has 0 amide bonds. The molecule has 0 aliphatic heterocycles. The Morgan fingerprint density at radius 2 is 1.62 bits per heavy atom. The van der Waals surface area contributed by atoms with Gasteiger partial charge in [-0.3, -0.25) is 0 Å². The van der Waals surface area contributed by atoms with Crippen LogP contribution in [-0.2, 0) is 15.6 Å². The number of hydrogen-bond donors (Lipinski definition) is 1. The van der Waals surface area contributed by atoms with Crippen LogP contribution in [0.25, 0.3) is 0 Å². The summed E-state index contributed by atoms with van der Waals surface area (Å²) in [7, 11) is -3.78. The van der Waals surface area contributed by atoms with Crippen molar-refractivity contribution < 1.29 is 13.5 Å². The maximum atomic E-state index is 12.6. The van der Waals surface area contributed by atoms with Gasteiger partial charge < -0.3 is 5.11 Å². The summed E-state index contributed by atoms with van der Waals surface area (Å²) in [6.45, 7) is 1.90. The highest BCUT2D eigenvalue weighted by Crippen LogP contribution is 2.34. The number of aryl methyl sites for hydroxylation is 1. The number of rotatable bonds is 3. The van der Waals surface area contributed by atoms with Crippen molar-refractivity contribution in [1.82, 2.24) is 14.4 Å². The molecule has 1 aromatic heterocycles. The lowest BCUT2D eigenvalue weighted by Gasteiger charge is -2.27. The maximum absolute atomic E-state index is 12.6. The van der Waals surface area contributed by atoms with Crippen LogP contribution in [0.5, 0.6) is 0 Å². The van der Waals surface area contributed by atoms with Gasteiger partial charge in [-0.25, -0.2) is 0 Å². The van der Waals surface area contributed by atoms with E-state index >= 15 is 0 Å². The third-order valence-corrected chi connectivity index (χ3v) is 6.23. The number of nitrogens with zero attached hydrogens (tertiary/aromatic N) is 3. The molecule has 7 heteroatoms.